The van der Waals surface area contributed by atoms with Gasteiger partial charge in [-0.3, -0.25) is 0 Å². The molecule has 0 N–H and O–H groups in total. The van der Waals surface area contributed by atoms with Gasteiger partial charge in [0.2, 0.25) is 0 Å². The number of aromatic nitrogens is 4. The molecular weight excluding hydrogens is 447 g/mol. The minimum Gasteiger partial charge on any atom is -0.147 e. The number of rotatable bonds is 1. The van der Waals surface area contributed by atoms with Crippen LogP contribution in [0.25, 0.3) is 32.1 Å². The molecule has 0 amide bonds. The summed E-state index contributed by atoms with van der Waals surface area (Å²) < 4.78 is 0. The second-order valence-corrected chi connectivity index (χ2v) is 8.19. The van der Waals surface area contributed by atoms with Crippen LogP contribution >= 0.6 is 46.1 Å². The van der Waals surface area contributed by atoms with E-state index >= 15 is 0 Å². The minimum absolute atomic E-state index is 0.384. The Kier molecular flexibility index (Phi) is 5.92. The molecule has 0 saturated heterocycles. The van der Waals surface area contributed by atoms with E-state index in [1.54, 1.807) is 11.3 Å². The maximum absolute atomic E-state index is 6.05. The summed E-state index contributed by atoms with van der Waals surface area (Å²) in [5.74, 6) is 0. The molecule has 8 heteroatoms. The van der Waals surface area contributed by atoms with E-state index in [1.807, 2.05) is 48.5 Å². The van der Waals surface area contributed by atoms with Crippen LogP contribution in [0.3, 0.4) is 0 Å². The molecule has 0 aliphatic carbocycles. The van der Waals surface area contributed by atoms with Gasteiger partial charge in [0.05, 0.1) is 4.88 Å². The van der Waals surface area contributed by atoms with Crippen LogP contribution in [0.5, 0.6) is 0 Å². The van der Waals surface area contributed by atoms with Crippen LogP contribution in [0, 0.1) is 6.92 Å². The molecule has 0 atom stereocenters. The molecule has 2 aromatic carbocycles. The molecule has 0 saturated carbocycles. The zero-order valence-electron chi connectivity index (χ0n) is 15.1. The first-order chi connectivity index (χ1) is 14.0. The van der Waals surface area contributed by atoms with Gasteiger partial charge in [0.25, 0.3) is 0 Å². The van der Waals surface area contributed by atoms with Crippen LogP contribution in [0.15, 0.2) is 60.0 Å². The quantitative estimate of drug-likeness (QED) is 0.265. The summed E-state index contributed by atoms with van der Waals surface area (Å²) >= 11 is 19.3. The van der Waals surface area contributed by atoms with Crippen LogP contribution in [0.4, 0.5) is 0 Å². The third kappa shape index (κ3) is 4.19. The van der Waals surface area contributed by atoms with E-state index in [9.17, 15) is 0 Å². The van der Waals surface area contributed by atoms with Gasteiger partial charge in [-0.25, -0.2) is 0 Å². The van der Waals surface area contributed by atoms with Gasteiger partial charge in [0, 0.05) is 21.5 Å². The number of halogens is 3. The van der Waals surface area contributed by atoms with E-state index in [-0.39, 0.29) is 0 Å². The van der Waals surface area contributed by atoms with Crippen LogP contribution < -0.4 is 0 Å². The lowest BCUT2D eigenvalue weighted by Crippen LogP contribution is -1.89. The SMILES string of the molecule is Cc1csc(-c2nnc(Cl)c3ccccc23)c1.Clc1nnc(Cl)c2ccccc12. The van der Waals surface area contributed by atoms with Crippen LogP contribution in [-0.2, 0) is 0 Å². The van der Waals surface area contributed by atoms with Gasteiger partial charge in [0.15, 0.2) is 15.5 Å². The monoisotopic (exact) mass is 458 g/mol. The summed E-state index contributed by atoms with van der Waals surface area (Å²) in [4.78, 5) is 1.13. The molecule has 5 rings (SSSR count). The van der Waals surface area contributed by atoms with Gasteiger partial charge in [-0.1, -0.05) is 83.3 Å². The van der Waals surface area contributed by atoms with Crippen molar-refractivity contribution in [3.63, 3.8) is 0 Å². The number of fused-ring (bicyclic) bond motifs is 2. The van der Waals surface area contributed by atoms with Crippen molar-refractivity contribution < 1.29 is 0 Å². The fourth-order valence-electron chi connectivity index (χ4n) is 2.85. The highest BCUT2D eigenvalue weighted by molar-refractivity contribution is 7.13. The molecule has 3 aromatic heterocycles. The van der Waals surface area contributed by atoms with Gasteiger partial charge in [-0.05, 0) is 23.9 Å². The summed E-state index contributed by atoms with van der Waals surface area (Å²) in [6, 6.07) is 17.5. The van der Waals surface area contributed by atoms with Crippen molar-refractivity contribution in [3.8, 4) is 10.6 Å². The largest absolute Gasteiger partial charge is 0.159 e. The Hall–Kier alpha value is -2.31. The first kappa shape index (κ1) is 20.0. The predicted octanol–water partition coefficient (Wildman–Crippen LogP) is 7.26. The van der Waals surface area contributed by atoms with Crippen molar-refractivity contribution in [2.45, 2.75) is 6.92 Å². The summed E-state index contributed by atoms with van der Waals surface area (Å²) in [6.07, 6.45) is 0. The van der Waals surface area contributed by atoms with Crippen LogP contribution in [-0.4, -0.2) is 20.4 Å². The first-order valence-corrected chi connectivity index (χ1v) is 10.6. The van der Waals surface area contributed by atoms with Gasteiger partial charge in [-0.15, -0.1) is 31.7 Å². The lowest BCUT2D eigenvalue weighted by molar-refractivity contribution is 1.05. The molecule has 0 bridgehead atoms. The maximum Gasteiger partial charge on any atom is 0.159 e. The summed E-state index contributed by atoms with van der Waals surface area (Å²) in [5, 5.41) is 22.6. The summed E-state index contributed by atoms with van der Waals surface area (Å²) in [6.45, 7) is 2.07. The highest BCUT2D eigenvalue weighted by Crippen LogP contribution is 2.32. The summed E-state index contributed by atoms with van der Waals surface area (Å²) in [7, 11) is 0. The zero-order chi connectivity index (χ0) is 20.4. The summed E-state index contributed by atoms with van der Waals surface area (Å²) in [5.41, 5.74) is 2.15. The molecule has 0 spiro atoms. The lowest BCUT2D eigenvalue weighted by Gasteiger charge is -2.03. The molecule has 0 radical (unpaired) electrons. The van der Waals surface area contributed by atoms with E-state index in [1.165, 1.54) is 5.56 Å². The second-order valence-electron chi connectivity index (χ2n) is 6.20. The van der Waals surface area contributed by atoms with Crippen molar-refractivity contribution in [1.29, 1.82) is 0 Å². The second kappa shape index (κ2) is 8.59. The predicted molar refractivity (Wildman–Crippen MR) is 122 cm³/mol. The molecule has 3 heterocycles. The first-order valence-electron chi connectivity index (χ1n) is 8.57. The molecule has 0 fully saturated rings. The smallest absolute Gasteiger partial charge is 0.147 e. The molecular formula is C21H13Cl3N4S. The standard InChI is InChI=1S/C13H9ClN2S.C8H4Cl2N2/c1-8-6-11(17-7-8)12-9-4-2-3-5-10(9)13(14)16-15-12;9-7-5-3-1-2-4-6(5)8(10)12-11-7/h2-7H,1H3;1-4H. The third-order valence-corrected chi connectivity index (χ3v) is 6.10. The Labute approximate surface area is 186 Å². The number of benzene rings is 2. The fourth-order valence-corrected chi connectivity index (χ4v) is 4.35. The van der Waals surface area contributed by atoms with E-state index < -0.39 is 0 Å². The van der Waals surface area contributed by atoms with Crippen molar-refractivity contribution in [1.82, 2.24) is 20.4 Å². The Morgan fingerprint density at radius 3 is 1.59 bits per heavy atom. The molecule has 29 heavy (non-hydrogen) atoms. The Bertz CT molecular complexity index is 1280. The molecule has 5 aromatic rings. The Balaban J connectivity index is 0.000000150. The molecule has 4 nitrogen and oxygen atoms in total. The maximum atomic E-state index is 6.05. The number of nitrogens with zero attached hydrogens (tertiary/aromatic N) is 4. The van der Waals surface area contributed by atoms with Gasteiger partial charge in [-0.2, -0.15) is 0 Å². The van der Waals surface area contributed by atoms with Crippen LogP contribution in [0.1, 0.15) is 5.56 Å². The highest BCUT2D eigenvalue weighted by atomic mass is 35.5. The minimum atomic E-state index is 0.384. The van der Waals surface area contributed by atoms with E-state index in [0.717, 1.165) is 32.1 Å². The van der Waals surface area contributed by atoms with E-state index in [0.29, 0.717) is 15.5 Å². The zero-order valence-corrected chi connectivity index (χ0v) is 18.2. The van der Waals surface area contributed by atoms with Crippen molar-refractivity contribution in [2.24, 2.45) is 0 Å². The molecule has 0 unspecified atom stereocenters. The Morgan fingerprint density at radius 1 is 0.655 bits per heavy atom. The molecule has 144 valence electrons. The van der Waals surface area contributed by atoms with Gasteiger partial charge < -0.3 is 0 Å². The highest BCUT2D eigenvalue weighted by Gasteiger charge is 2.10. The molecule has 0 aliphatic rings. The average molecular weight is 460 g/mol. The number of hydrogen-bond acceptors (Lipinski definition) is 5. The van der Waals surface area contributed by atoms with Gasteiger partial charge >= 0.3 is 0 Å². The van der Waals surface area contributed by atoms with E-state index in [2.05, 4.69) is 38.8 Å². The van der Waals surface area contributed by atoms with Crippen molar-refractivity contribution in [2.75, 3.05) is 0 Å². The van der Waals surface area contributed by atoms with E-state index in [4.69, 9.17) is 34.8 Å². The van der Waals surface area contributed by atoms with Crippen molar-refractivity contribution in [3.05, 3.63) is 81.0 Å². The van der Waals surface area contributed by atoms with Gasteiger partial charge in [0.1, 0.15) is 5.69 Å². The molecule has 0 aliphatic heterocycles. The normalized spacial score (nSPS) is 10.8. The van der Waals surface area contributed by atoms with Crippen molar-refractivity contribution >= 4 is 67.7 Å². The third-order valence-electron chi connectivity index (χ3n) is 4.20. The fraction of sp³-hybridized carbons (Fsp3) is 0.0476. The number of thiophene rings is 1. The average Bonchev–Trinajstić information content (AvgIpc) is 3.18. The Morgan fingerprint density at radius 2 is 1.10 bits per heavy atom. The topological polar surface area (TPSA) is 51.6 Å². The van der Waals surface area contributed by atoms with Crippen LogP contribution in [0.2, 0.25) is 15.5 Å². The number of aryl methyl sites for hydroxylation is 1. The lowest BCUT2D eigenvalue weighted by atomic mass is 10.1. The number of hydrogen-bond donors (Lipinski definition) is 0.